The Kier molecular flexibility index (Phi) is 5.74. The van der Waals surface area contributed by atoms with Gasteiger partial charge in [-0.25, -0.2) is 13.6 Å². The third-order valence-corrected chi connectivity index (χ3v) is 6.29. The number of rotatable bonds is 2. The summed E-state index contributed by atoms with van der Waals surface area (Å²) < 4.78 is 47.9. The Balaban J connectivity index is 1.97. The quantitative estimate of drug-likeness (QED) is 0.657. The molecule has 0 saturated carbocycles. The van der Waals surface area contributed by atoms with Gasteiger partial charge in [-0.3, -0.25) is 0 Å². The highest BCUT2D eigenvalue weighted by atomic mass is 19.1. The number of ether oxygens (including phenoxy) is 1. The van der Waals surface area contributed by atoms with Gasteiger partial charge < -0.3 is 18.9 Å². The molecule has 8 heteroatoms. The molecule has 5 nitrogen and oxygen atoms in total. The molecule has 1 aromatic carbocycles. The van der Waals surface area contributed by atoms with Crippen molar-refractivity contribution in [1.82, 2.24) is 4.90 Å². The molecule has 1 atom stereocenters. The van der Waals surface area contributed by atoms with Crippen LogP contribution in [0.1, 0.15) is 78.5 Å². The lowest BCUT2D eigenvalue weighted by molar-refractivity contribution is 0.00578. The zero-order valence-corrected chi connectivity index (χ0v) is 19.2. The summed E-state index contributed by atoms with van der Waals surface area (Å²) in [6, 6.07) is 0.865. The van der Waals surface area contributed by atoms with Crippen LogP contribution in [0.15, 0.2) is 6.07 Å². The van der Waals surface area contributed by atoms with Gasteiger partial charge in [-0.2, -0.15) is 0 Å². The zero-order valence-electron chi connectivity index (χ0n) is 19.2. The molecule has 0 bridgehead atoms. The van der Waals surface area contributed by atoms with Crippen molar-refractivity contribution in [1.29, 1.82) is 0 Å². The second-order valence-electron chi connectivity index (χ2n) is 10.2. The van der Waals surface area contributed by atoms with Gasteiger partial charge in [0.05, 0.1) is 22.7 Å². The number of carbonyl (C=O) groups is 1. The molecule has 1 fully saturated rings. The van der Waals surface area contributed by atoms with E-state index < -0.39 is 47.7 Å². The molecule has 0 radical (unpaired) electrons. The van der Waals surface area contributed by atoms with Gasteiger partial charge in [0.1, 0.15) is 17.2 Å². The maximum Gasteiger partial charge on any atom is 0.500 e. The topological polar surface area (TPSA) is 48.0 Å². The molecule has 0 aromatic heterocycles. The first-order chi connectivity index (χ1) is 13.6. The molecule has 0 spiro atoms. The number of halogens is 2. The van der Waals surface area contributed by atoms with Gasteiger partial charge in [0.25, 0.3) is 0 Å². The van der Waals surface area contributed by atoms with Crippen molar-refractivity contribution in [2.75, 3.05) is 7.05 Å². The van der Waals surface area contributed by atoms with Crippen molar-refractivity contribution in [3.8, 4) is 0 Å². The van der Waals surface area contributed by atoms with E-state index in [1.807, 2.05) is 27.7 Å². The molecule has 3 rings (SSSR count). The monoisotopic (exact) mass is 423 g/mol. The number of benzene rings is 1. The third kappa shape index (κ3) is 4.08. The minimum atomic E-state index is -1.12. The van der Waals surface area contributed by atoms with Crippen LogP contribution in [0.3, 0.4) is 0 Å². The molecule has 1 heterocycles. The number of fused-ring (bicyclic) bond motifs is 1. The third-order valence-electron chi connectivity index (χ3n) is 6.29. The van der Waals surface area contributed by atoms with Gasteiger partial charge in [-0.15, -0.1) is 0 Å². The van der Waals surface area contributed by atoms with Crippen LogP contribution in [0, 0.1) is 11.6 Å². The predicted molar refractivity (Wildman–Crippen MR) is 112 cm³/mol. The van der Waals surface area contributed by atoms with E-state index in [1.165, 1.54) is 11.0 Å². The first-order valence-corrected chi connectivity index (χ1v) is 10.5. The van der Waals surface area contributed by atoms with Gasteiger partial charge in [-0.05, 0) is 84.9 Å². The molecule has 30 heavy (non-hydrogen) atoms. The van der Waals surface area contributed by atoms with E-state index >= 15 is 8.78 Å². The Morgan fingerprint density at radius 3 is 2.30 bits per heavy atom. The van der Waals surface area contributed by atoms with Gasteiger partial charge in [-0.1, -0.05) is 0 Å². The van der Waals surface area contributed by atoms with Crippen LogP contribution in [0.4, 0.5) is 13.6 Å². The molecule has 1 aliphatic heterocycles. The van der Waals surface area contributed by atoms with E-state index in [0.717, 1.165) is 0 Å². The molecular weight excluding hydrogens is 391 g/mol. The van der Waals surface area contributed by atoms with E-state index in [4.69, 9.17) is 14.0 Å². The van der Waals surface area contributed by atoms with Crippen LogP contribution < -0.4 is 5.46 Å². The highest BCUT2D eigenvalue weighted by Crippen LogP contribution is 2.39. The second kappa shape index (κ2) is 7.48. The summed E-state index contributed by atoms with van der Waals surface area (Å²) in [7, 11) is 0.482. The predicted octanol–water partition coefficient (Wildman–Crippen LogP) is 4.51. The fourth-order valence-electron chi connectivity index (χ4n) is 3.92. The lowest BCUT2D eigenvalue weighted by atomic mass is 9.74. The molecular formula is C22H32BF2NO4. The molecule has 1 aromatic rings. The average Bonchev–Trinajstić information content (AvgIpc) is 2.79. The van der Waals surface area contributed by atoms with E-state index in [1.54, 1.807) is 27.8 Å². The maximum atomic E-state index is 15.5. The molecule has 2 aliphatic rings. The number of hydrogen-bond acceptors (Lipinski definition) is 4. The van der Waals surface area contributed by atoms with Gasteiger partial charge in [0.2, 0.25) is 0 Å². The fraction of sp³-hybridized carbons (Fsp3) is 0.682. The Labute approximate surface area is 178 Å². The van der Waals surface area contributed by atoms with Crippen molar-refractivity contribution in [2.45, 2.75) is 90.6 Å². The molecule has 1 unspecified atom stereocenters. The van der Waals surface area contributed by atoms with Crippen molar-refractivity contribution in [3.05, 3.63) is 28.8 Å². The van der Waals surface area contributed by atoms with Crippen LogP contribution in [-0.4, -0.2) is 42.0 Å². The summed E-state index contributed by atoms with van der Waals surface area (Å²) >= 11 is 0. The minimum absolute atomic E-state index is 0.201. The van der Waals surface area contributed by atoms with E-state index in [0.29, 0.717) is 30.4 Å². The van der Waals surface area contributed by atoms with Crippen molar-refractivity contribution in [2.24, 2.45) is 0 Å². The molecule has 166 valence electrons. The molecule has 1 saturated heterocycles. The second-order valence-corrected chi connectivity index (χ2v) is 10.2. The molecule has 1 amide bonds. The zero-order chi connectivity index (χ0) is 22.6. The summed E-state index contributed by atoms with van der Waals surface area (Å²) in [6.07, 6.45) is 1.23. The summed E-state index contributed by atoms with van der Waals surface area (Å²) in [5, 5.41) is 0. The summed E-state index contributed by atoms with van der Waals surface area (Å²) in [6.45, 7) is 12.7. The van der Waals surface area contributed by atoms with Gasteiger partial charge >= 0.3 is 13.2 Å². The molecule has 1 aliphatic carbocycles. The first kappa shape index (κ1) is 23.0. The Bertz CT molecular complexity index is 835. The smallest absolute Gasteiger partial charge is 0.444 e. The Hall–Kier alpha value is -1.67. The van der Waals surface area contributed by atoms with Gasteiger partial charge in [0, 0.05) is 7.05 Å². The van der Waals surface area contributed by atoms with Crippen molar-refractivity contribution < 1.29 is 27.6 Å². The Morgan fingerprint density at radius 1 is 1.20 bits per heavy atom. The summed E-state index contributed by atoms with van der Waals surface area (Å²) in [4.78, 5) is 14.0. The van der Waals surface area contributed by atoms with Crippen LogP contribution in [0.25, 0.3) is 0 Å². The summed E-state index contributed by atoms with van der Waals surface area (Å²) in [5.74, 6) is -1.37. The number of hydrogen-bond donors (Lipinski definition) is 0. The lowest BCUT2D eigenvalue weighted by Crippen LogP contribution is -2.42. The lowest BCUT2D eigenvalue weighted by Gasteiger charge is -2.35. The highest BCUT2D eigenvalue weighted by molar-refractivity contribution is 6.62. The summed E-state index contributed by atoms with van der Waals surface area (Å²) in [5.41, 5.74) is -1.37. The van der Waals surface area contributed by atoms with Crippen LogP contribution in [0.2, 0.25) is 0 Å². The van der Waals surface area contributed by atoms with E-state index in [-0.39, 0.29) is 5.46 Å². The first-order valence-electron chi connectivity index (χ1n) is 10.5. The number of nitrogens with zero attached hydrogens (tertiary/aromatic N) is 1. The minimum Gasteiger partial charge on any atom is -0.444 e. The van der Waals surface area contributed by atoms with E-state index in [9.17, 15) is 4.79 Å². The van der Waals surface area contributed by atoms with Crippen molar-refractivity contribution in [3.63, 3.8) is 0 Å². The normalized spacial score (nSPS) is 22.6. The van der Waals surface area contributed by atoms with Crippen molar-refractivity contribution >= 4 is 18.7 Å². The Morgan fingerprint density at radius 2 is 1.77 bits per heavy atom. The van der Waals surface area contributed by atoms with E-state index in [2.05, 4.69) is 0 Å². The number of amides is 1. The van der Waals surface area contributed by atoms with Gasteiger partial charge in [0.15, 0.2) is 0 Å². The highest BCUT2D eigenvalue weighted by Gasteiger charge is 2.53. The largest absolute Gasteiger partial charge is 0.500 e. The maximum absolute atomic E-state index is 15.5. The SMILES string of the molecule is CN(C(=O)OC(C)(C)C)C1CCCc2c1cc(F)c(B1OC(C)(C)C(C)(C)O1)c2F. The number of carbonyl (C=O) groups excluding carboxylic acids is 1. The molecule has 0 N–H and O–H groups in total. The standard InChI is InChI=1S/C22H32BF2NO4/c1-20(2,3)28-19(27)26(8)16-11-9-10-13-14(16)12-15(24)17(18(13)25)23-29-21(4,5)22(6,7)30-23/h12,16H,9-11H2,1-8H3. The van der Waals surface area contributed by atoms with Crippen LogP contribution >= 0.6 is 0 Å². The fourth-order valence-corrected chi connectivity index (χ4v) is 3.92. The van der Waals surface area contributed by atoms with Crippen LogP contribution in [-0.2, 0) is 20.5 Å². The van der Waals surface area contributed by atoms with Crippen LogP contribution in [0.5, 0.6) is 0 Å². The average molecular weight is 423 g/mol.